The lowest BCUT2D eigenvalue weighted by Gasteiger charge is -2.09. The van der Waals surface area contributed by atoms with Gasteiger partial charge < -0.3 is 15.0 Å². The molecule has 0 saturated heterocycles. The molecule has 0 unspecified atom stereocenters. The maximum atomic E-state index is 12.7. The summed E-state index contributed by atoms with van der Waals surface area (Å²) in [6.45, 7) is 0. The fraction of sp³-hybridized carbons (Fsp3) is 0.478. The normalized spacial score (nSPS) is 15.5. The van der Waals surface area contributed by atoms with Crippen LogP contribution in [0.1, 0.15) is 63.3 Å². The van der Waals surface area contributed by atoms with Gasteiger partial charge in [0.1, 0.15) is 9.83 Å². The number of nitrogens with zero attached hydrogens (tertiary/aromatic N) is 1. The number of methoxy groups -OCH3 is 1. The van der Waals surface area contributed by atoms with Gasteiger partial charge in [-0.3, -0.25) is 9.59 Å². The molecule has 0 atom stereocenters. The number of aromatic amines is 1. The number of aryl methyl sites for hydroxylation is 3. The summed E-state index contributed by atoms with van der Waals surface area (Å²) in [6.07, 6.45) is 9.21. The van der Waals surface area contributed by atoms with Gasteiger partial charge in [-0.2, -0.15) is 0 Å². The standard InChI is InChI=1S/C23H25N3O4S3/c1-30-22(29)18-13-7-3-2-4-9-15(13)33-21(18)24-16(27)11-31-23-25-19(28)17-12-8-5-6-10-14(12)32-20(17)26-23/h2-11H2,1H3,(H,24,27)(H,25,26,28). The van der Waals surface area contributed by atoms with Gasteiger partial charge >= 0.3 is 5.97 Å². The molecule has 10 heteroatoms. The van der Waals surface area contributed by atoms with E-state index in [1.807, 2.05) is 0 Å². The Bertz CT molecular complexity index is 1290. The summed E-state index contributed by atoms with van der Waals surface area (Å²) >= 11 is 4.27. The van der Waals surface area contributed by atoms with Crippen molar-refractivity contribution in [1.29, 1.82) is 0 Å². The number of H-pyrrole nitrogens is 1. The SMILES string of the molecule is COC(=O)c1c(NC(=O)CSc2nc3sc4c(c3c(=O)[nH]2)CCCC4)sc2c1CCCCC2. The molecule has 3 heterocycles. The Balaban J connectivity index is 1.33. The highest BCUT2D eigenvalue weighted by Gasteiger charge is 2.26. The van der Waals surface area contributed by atoms with Gasteiger partial charge in [0.15, 0.2) is 5.16 Å². The molecular formula is C23H25N3O4S3. The number of esters is 1. The fourth-order valence-electron chi connectivity index (χ4n) is 4.66. The molecule has 7 nitrogen and oxygen atoms in total. The van der Waals surface area contributed by atoms with Crippen molar-refractivity contribution in [2.45, 2.75) is 62.9 Å². The Morgan fingerprint density at radius 1 is 1.03 bits per heavy atom. The first-order valence-corrected chi connectivity index (χ1v) is 13.9. The molecule has 5 rings (SSSR count). The Morgan fingerprint density at radius 3 is 2.55 bits per heavy atom. The Hall–Kier alpha value is -2.17. The number of hydrogen-bond acceptors (Lipinski definition) is 8. The second-order valence-electron chi connectivity index (χ2n) is 8.36. The van der Waals surface area contributed by atoms with Crippen LogP contribution in [0.15, 0.2) is 9.95 Å². The van der Waals surface area contributed by atoms with Crippen molar-refractivity contribution in [3.8, 4) is 0 Å². The van der Waals surface area contributed by atoms with Crippen LogP contribution < -0.4 is 10.9 Å². The van der Waals surface area contributed by atoms with E-state index in [0.717, 1.165) is 78.6 Å². The molecule has 0 spiro atoms. The molecule has 2 N–H and O–H groups in total. The molecule has 174 valence electrons. The third-order valence-electron chi connectivity index (χ3n) is 6.21. The zero-order valence-corrected chi connectivity index (χ0v) is 20.8. The van der Waals surface area contributed by atoms with E-state index in [0.29, 0.717) is 21.1 Å². The number of amides is 1. The molecule has 0 fully saturated rings. The lowest BCUT2D eigenvalue weighted by Crippen LogP contribution is -2.17. The highest BCUT2D eigenvalue weighted by Crippen LogP contribution is 2.38. The van der Waals surface area contributed by atoms with E-state index in [4.69, 9.17) is 4.74 Å². The molecule has 2 aliphatic rings. The number of ether oxygens (including phenoxy) is 1. The van der Waals surface area contributed by atoms with Crippen molar-refractivity contribution in [1.82, 2.24) is 9.97 Å². The number of fused-ring (bicyclic) bond motifs is 4. The quantitative estimate of drug-likeness (QED) is 0.226. The molecule has 0 bridgehead atoms. The van der Waals surface area contributed by atoms with Crippen LogP contribution >= 0.6 is 34.4 Å². The summed E-state index contributed by atoms with van der Waals surface area (Å²) in [5.74, 6) is -0.562. The van der Waals surface area contributed by atoms with Gasteiger partial charge in [0.05, 0.1) is 23.8 Å². The molecule has 0 aromatic carbocycles. The summed E-state index contributed by atoms with van der Waals surface area (Å²) in [4.78, 5) is 48.6. The summed E-state index contributed by atoms with van der Waals surface area (Å²) < 4.78 is 5.00. The molecule has 1 amide bonds. The third-order valence-corrected chi connectivity index (χ3v) is 9.47. The first-order chi connectivity index (χ1) is 16.0. The lowest BCUT2D eigenvalue weighted by atomic mass is 9.97. The number of carbonyl (C=O) groups excluding carboxylic acids is 2. The van der Waals surface area contributed by atoms with Crippen molar-refractivity contribution in [3.63, 3.8) is 0 Å². The number of rotatable bonds is 5. The lowest BCUT2D eigenvalue weighted by molar-refractivity contribution is -0.113. The molecule has 0 saturated carbocycles. The minimum atomic E-state index is -0.407. The monoisotopic (exact) mass is 503 g/mol. The van der Waals surface area contributed by atoms with E-state index < -0.39 is 5.97 Å². The topological polar surface area (TPSA) is 101 Å². The summed E-state index contributed by atoms with van der Waals surface area (Å²) in [5, 5.41) is 4.62. The second kappa shape index (κ2) is 9.60. The Labute approximate surface area is 203 Å². The molecule has 2 aliphatic carbocycles. The van der Waals surface area contributed by atoms with Crippen LogP contribution in [0.3, 0.4) is 0 Å². The zero-order valence-electron chi connectivity index (χ0n) is 18.4. The highest BCUT2D eigenvalue weighted by atomic mass is 32.2. The average Bonchev–Trinajstić information content (AvgIpc) is 3.26. The van der Waals surface area contributed by atoms with Gasteiger partial charge in [0.25, 0.3) is 5.56 Å². The first-order valence-electron chi connectivity index (χ1n) is 11.2. The van der Waals surface area contributed by atoms with Crippen LogP contribution in [-0.4, -0.2) is 34.7 Å². The summed E-state index contributed by atoms with van der Waals surface area (Å²) in [5.41, 5.74) is 2.54. The van der Waals surface area contributed by atoms with Gasteiger partial charge in [-0.05, 0) is 62.5 Å². The smallest absolute Gasteiger partial charge is 0.341 e. The number of thiophene rings is 2. The van der Waals surface area contributed by atoms with Gasteiger partial charge in [0, 0.05) is 9.75 Å². The molecule has 3 aromatic heterocycles. The van der Waals surface area contributed by atoms with E-state index in [-0.39, 0.29) is 17.2 Å². The van der Waals surface area contributed by atoms with E-state index in [1.54, 1.807) is 11.3 Å². The third kappa shape index (κ3) is 4.48. The largest absolute Gasteiger partial charge is 0.465 e. The predicted octanol–water partition coefficient (Wildman–Crippen LogP) is 4.71. The average molecular weight is 504 g/mol. The molecule has 33 heavy (non-hydrogen) atoms. The second-order valence-corrected chi connectivity index (χ2v) is 11.5. The van der Waals surface area contributed by atoms with Crippen LogP contribution in [0.5, 0.6) is 0 Å². The highest BCUT2D eigenvalue weighted by molar-refractivity contribution is 7.99. The van der Waals surface area contributed by atoms with Crippen LogP contribution in [0.2, 0.25) is 0 Å². The van der Waals surface area contributed by atoms with E-state index in [9.17, 15) is 14.4 Å². The van der Waals surface area contributed by atoms with Crippen molar-refractivity contribution in [2.24, 2.45) is 0 Å². The zero-order chi connectivity index (χ0) is 22.9. The minimum absolute atomic E-state index is 0.0860. The van der Waals surface area contributed by atoms with Crippen molar-refractivity contribution >= 4 is 61.5 Å². The number of thioether (sulfide) groups is 1. The molecule has 0 aliphatic heterocycles. The maximum Gasteiger partial charge on any atom is 0.341 e. The number of hydrogen-bond donors (Lipinski definition) is 2. The summed E-state index contributed by atoms with van der Waals surface area (Å²) in [6, 6.07) is 0. The van der Waals surface area contributed by atoms with E-state index in [2.05, 4.69) is 15.3 Å². The van der Waals surface area contributed by atoms with Gasteiger partial charge in [-0.25, -0.2) is 9.78 Å². The van der Waals surface area contributed by atoms with Gasteiger partial charge in [-0.1, -0.05) is 18.2 Å². The van der Waals surface area contributed by atoms with E-state index >= 15 is 0 Å². The van der Waals surface area contributed by atoms with Crippen molar-refractivity contribution in [3.05, 3.63) is 36.8 Å². The minimum Gasteiger partial charge on any atom is -0.465 e. The molecule has 0 radical (unpaired) electrons. The maximum absolute atomic E-state index is 12.7. The van der Waals surface area contributed by atoms with E-state index in [1.165, 1.54) is 35.1 Å². The number of aromatic nitrogens is 2. The molecular weight excluding hydrogens is 478 g/mol. The van der Waals surface area contributed by atoms with Gasteiger partial charge in [-0.15, -0.1) is 22.7 Å². The van der Waals surface area contributed by atoms with Crippen molar-refractivity contribution in [2.75, 3.05) is 18.2 Å². The van der Waals surface area contributed by atoms with Crippen LogP contribution in [-0.2, 0) is 35.2 Å². The first kappa shape index (κ1) is 22.6. The summed E-state index contributed by atoms with van der Waals surface area (Å²) in [7, 11) is 1.37. The van der Waals surface area contributed by atoms with Crippen LogP contribution in [0.25, 0.3) is 10.2 Å². The van der Waals surface area contributed by atoms with Gasteiger partial charge in [0.2, 0.25) is 5.91 Å². The number of nitrogens with one attached hydrogen (secondary N) is 2. The number of carbonyl (C=O) groups is 2. The van der Waals surface area contributed by atoms with Crippen LogP contribution in [0, 0.1) is 0 Å². The number of anilines is 1. The Kier molecular flexibility index (Phi) is 6.58. The predicted molar refractivity (Wildman–Crippen MR) is 133 cm³/mol. The Morgan fingerprint density at radius 2 is 1.73 bits per heavy atom. The molecule has 3 aromatic rings. The van der Waals surface area contributed by atoms with Crippen molar-refractivity contribution < 1.29 is 14.3 Å². The fourth-order valence-corrected chi connectivity index (χ4v) is 7.93. The van der Waals surface area contributed by atoms with Crippen LogP contribution in [0.4, 0.5) is 5.00 Å².